The summed E-state index contributed by atoms with van der Waals surface area (Å²) in [6, 6.07) is 7.16. The summed E-state index contributed by atoms with van der Waals surface area (Å²) < 4.78 is 0. The molecule has 0 bridgehead atoms. The SMILES string of the molecule is O=C1S/C(=C\c2ccc(Cl)c(Cl)c2)C(=O)N1Cc1cc(O)c(O)c(O)c1. The summed E-state index contributed by atoms with van der Waals surface area (Å²) in [6.07, 6.45) is 1.53. The second-order valence-electron chi connectivity index (χ2n) is 5.42. The lowest BCUT2D eigenvalue weighted by atomic mass is 10.1. The van der Waals surface area contributed by atoms with E-state index < -0.39 is 28.4 Å². The van der Waals surface area contributed by atoms with Crippen molar-refractivity contribution in [2.75, 3.05) is 0 Å². The Morgan fingerprint density at radius 2 is 1.65 bits per heavy atom. The molecule has 1 aliphatic rings. The zero-order chi connectivity index (χ0) is 19.0. The van der Waals surface area contributed by atoms with Crippen molar-refractivity contribution in [2.45, 2.75) is 6.54 Å². The summed E-state index contributed by atoms with van der Waals surface area (Å²) in [6.45, 7) is -0.162. The monoisotopic (exact) mass is 411 g/mol. The fourth-order valence-electron chi connectivity index (χ4n) is 2.32. The minimum absolute atomic E-state index is 0.162. The molecule has 0 saturated carbocycles. The highest BCUT2D eigenvalue weighted by atomic mass is 35.5. The fourth-order valence-corrected chi connectivity index (χ4v) is 3.47. The van der Waals surface area contributed by atoms with Crippen LogP contribution < -0.4 is 0 Å². The Morgan fingerprint density at radius 1 is 1.00 bits per heavy atom. The summed E-state index contributed by atoms with van der Waals surface area (Å²) in [5.74, 6) is -2.27. The van der Waals surface area contributed by atoms with Gasteiger partial charge >= 0.3 is 0 Å². The van der Waals surface area contributed by atoms with Gasteiger partial charge in [-0.3, -0.25) is 14.5 Å². The van der Waals surface area contributed by atoms with Gasteiger partial charge in [-0.2, -0.15) is 0 Å². The number of halogens is 2. The minimum atomic E-state index is -0.664. The summed E-state index contributed by atoms with van der Waals surface area (Å²) in [7, 11) is 0. The molecule has 0 atom stereocenters. The average Bonchev–Trinajstić information content (AvgIpc) is 2.83. The van der Waals surface area contributed by atoms with Gasteiger partial charge in [0.1, 0.15) is 0 Å². The Balaban J connectivity index is 1.85. The van der Waals surface area contributed by atoms with Crippen LogP contribution in [0.1, 0.15) is 11.1 Å². The van der Waals surface area contributed by atoms with Crippen LogP contribution in [0.2, 0.25) is 10.0 Å². The van der Waals surface area contributed by atoms with Gasteiger partial charge in [-0.1, -0.05) is 29.3 Å². The normalized spacial score (nSPS) is 15.9. The van der Waals surface area contributed by atoms with Crippen molar-refractivity contribution in [1.29, 1.82) is 0 Å². The second-order valence-corrected chi connectivity index (χ2v) is 7.23. The molecule has 2 aromatic carbocycles. The average molecular weight is 412 g/mol. The summed E-state index contributed by atoms with van der Waals surface area (Å²) in [4.78, 5) is 25.8. The van der Waals surface area contributed by atoms with Gasteiger partial charge in [0.25, 0.3) is 11.1 Å². The minimum Gasteiger partial charge on any atom is -0.504 e. The predicted octanol–water partition coefficient (Wildman–Crippen LogP) is 4.35. The molecule has 1 heterocycles. The first kappa shape index (κ1) is 18.4. The molecule has 134 valence electrons. The van der Waals surface area contributed by atoms with Gasteiger partial charge in [0.2, 0.25) is 0 Å². The van der Waals surface area contributed by atoms with Crippen molar-refractivity contribution in [1.82, 2.24) is 4.90 Å². The third-order valence-corrected chi connectivity index (χ3v) is 5.23. The molecular formula is C17H11Cl2NO5S. The van der Waals surface area contributed by atoms with Crippen LogP contribution in [0.4, 0.5) is 4.79 Å². The lowest BCUT2D eigenvalue weighted by Gasteiger charge is -2.13. The number of phenolic OH excluding ortho intramolecular Hbond substituents is 3. The van der Waals surface area contributed by atoms with Gasteiger partial charge in [-0.25, -0.2) is 0 Å². The fraction of sp³-hybridized carbons (Fsp3) is 0.0588. The van der Waals surface area contributed by atoms with E-state index in [0.29, 0.717) is 15.6 Å². The van der Waals surface area contributed by atoms with Gasteiger partial charge in [-0.15, -0.1) is 0 Å². The third kappa shape index (κ3) is 3.60. The number of aromatic hydroxyl groups is 3. The molecule has 0 radical (unpaired) electrons. The first-order chi connectivity index (χ1) is 12.3. The molecule has 26 heavy (non-hydrogen) atoms. The van der Waals surface area contributed by atoms with Crippen LogP contribution in [-0.2, 0) is 11.3 Å². The largest absolute Gasteiger partial charge is 0.504 e. The first-order valence-corrected chi connectivity index (χ1v) is 8.77. The van der Waals surface area contributed by atoms with Crippen molar-refractivity contribution in [3.63, 3.8) is 0 Å². The topological polar surface area (TPSA) is 98.1 Å². The van der Waals surface area contributed by atoms with Gasteiger partial charge in [-0.05, 0) is 53.2 Å². The van der Waals surface area contributed by atoms with E-state index >= 15 is 0 Å². The molecule has 1 fully saturated rings. The number of carbonyl (C=O) groups is 2. The number of hydrogen-bond donors (Lipinski definition) is 3. The van der Waals surface area contributed by atoms with E-state index in [1.54, 1.807) is 18.2 Å². The molecular weight excluding hydrogens is 401 g/mol. The smallest absolute Gasteiger partial charge is 0.293 e. The van der Waals surface area contributed by atoms with Crippen LogP contribution >= 0.6 is 35.0 Å². The van der Waals surface area contributed by atoms with Gasteiger partial charge in [0.05, 0.1) is 21.5 Å². The predicted molar refractivity (Wildman–Crippen MR) is 99.4 cm³/mol. The van der Waals surface area contributed by atoms with Crippen LogP contribution in [0, 0.1) is 0 Å². The molecule has 0 spiro atoms. The molecule has 0 aromatic heterocycles. The van der Waals surface area contributed by atoms with E-state index in [-0.39, 0.29) is 17.0 Å². The highest BCUT2D eigenvalue weighted by Gasteiger charge is 2.35. The van der Waals surface area contributed by atoms with Gasteiger partial charge in [0, 0.05) is 0 Å². The number of nitrogens with zero attached hydrogens (tertiary/aromatic N) is 1. The maximum absolute atomic E-state index is 12.5. The standard InChI is InChI=1S/C17H11Cl2NO5S/c18-10-2-1-8(3-11(10)19)6-14-16(24)20(17(25)26-14)7-9-4-12(21)15(23)13(22)5-9/h1-6,21-23H,7H2/b14-6-. The van der Waals surface area contributed by atoms with Crippen molar-refractivity contribution in [2.24, 2.45) is 0 Å². The maximum Gasteiger partial charge on any atom is 0.293 e. The van der Waals surface area contributed by atoms with Crippen LogP contribution in [0.3, 0.4) is 0 Å². The lowest BCUT2D eigenvalue weighted by Crippen LogP contribution is -2.27. The number of rotatable bonds is 3. The number of carbonyl (C=O) groups excluding carboxylic acids is 2. The van der Waals surface area contributed by atoms with Gasteiger partial charge < -0.3 is 15.3 Å². The van der Waals surface area contributed by atoms with Crippen LogP contribution in [0.5, 0.6) is 17.2 Å². The van der Waals surface area contributed by atoms with Crippen molar-refractivity contribution >= 4 is 52.2 Å². The first-order valence-electron chi connectivity index (χ1n) is 7.20. The third-order valence-electron chi connectivity index (χ3n) is 3.59. The molecule has 9 heteroatoms. The molecule has 1 aliphatic heterocycles. The molecule has 3 rings (SSSR count). The molecule has 0 aliphatic carbocycles. The summed E-state index contributed by atoms with van der Waals surface area (Å²) >= 11 is 12.6. The Hall–Kier alpha value is -2.35. The summed E-state index contributed by atoms with van der Waals surface area (Å²) in [5, 5.41) is 28.7. The molecule has 2 aromatic rings. The van der Waals surface area contributed by atoms with Crippen LogP contribution in [0.15, 0.2) is 35.2 Å². The number of benzene rings is 2. The van der Waals surface area contributed by atoms with Crippen molar-refractivity contribution in [3.05, 3.63) is 56.4 Å². The quantitative estimate of drug-likeness (QED) is 0.512. The second kappa shape index (κ2) is 7.11. The zero-order valence-electron chi connectivity index (χ0n) is 12.9. The molecule has 0 unspecified atom stereocenters. The van der Waals surface area contributed by atoms with Crippen LogP contribution in [0.25, 0.3) is 6.08 Å². The van der Waals surface area contributed by atoms with E-state index in [1.165, 1.54) is 18.2 Å². The van der Waals surface area contributed by atoms with Gasteiger partial charge in [0.15, 0.2) is 17.2 Å². The number of imide groups is 1. The highest BCUT2D eigenvalue weighted by Crippen LogP contribution is 2.38. The molecule has 1 saturated heterocycles. The van der Waals surface area contributed by atoms with Crippen molar-refractivity contribution in [3.8, 4) is 17.2 Å². The Morgan fingerprint density at radius 3 is 2.27 bits per heavy atom. The molecule has 2 amide bonds. The van der Waals surface area contributed by atoms with E-state index in [0.717, 1.165) is 16.7 Å². The highest BCUT2D eigenvalue weighted by molar-refractivity contribution is 8.18. The Bertz CT molecular complexity index is 937. The number of phenols is 3. The lowest BCUT2D eigenvalue weighted by molar-refractivity contribution is -0.123. The zero-order valence-corrected chi connectivity index (χ0v) is 15.3. The maximum atomic E-state index is 12.5. The Kier molecular flexibility index (Phi) is 5.04. The molecule has 6 nitrogen and oxygen atoms in total. The number of hydrogen-bond acceptors (Lipinski definition) is 6. The van der Waals surface area contributed by atoms with E-state index in [1.807, 2.05) is 0 Å². The summed E-state index contributed by atoms with van der Waals surface area (Å²) in [5.41, 5.74) is 0.903. The van der Waals surface area contributed by atoms with E-state index in [2.05, 4.69) is 0 Å². The van der Waals surface area contributed by atoms with Crippen molar-refractivity contribution < 1.29 is 24.9 Å². The molecule has 3 N–H and O–H groups in total. The van der Waals surface area contributed by atoms with E-state index in [4.69, 9.17) is 23.2 Å². The Labute approximate surface area is 162 Å². The number of thioether (sulfide) groups is 1. The number of amides is 2. The van der Waals surface area contributed by atoms with Crippen LogP contribution in [-0.4, -0.2) is 31.4 Å². The van der Waals surface area contributed by atoms with E-state index in [9.17, 15) is 24.9 Å².